The maximum absolute atomic E-state index is 6.14. The second-order valence-electron chi connectivity index (χ2n) is 7.52. The van der Waals surface area contributed by atoms with Crippen LogP contribution in [0, 0.1) is 0 Å². The summed E-state index contributed by atoms with van der Waals surface area (Å²) >= 11 is 1.45. The van der Waals surface area contributed by atoms with Crippen LogP contribution in [0.1, 0.15) is 23.6 Å². The van der Waals surface area contributed by atoms with Gasteiger partial charge in [-0.3, -0.25) is 0 Å². The fraction of sp³-hybridized carbons (Fsp3) is 0.143. The maximum atomic E-state index is 6.14. The lowest BCUT2D eigenvalue weighted by Gasteiger charge is -2.13. The van der Waals surface area contributed by atoms with Gasteiger partial charge in [0.05, 0.1) is 12.8 Å². The summed E-state index contributed by atoms with van der Waals surface area (Å²) < 4.78 is 12.0. The molecule has 0 amide bonds. The molecule has 34 heavy (non-hydrogen) atoms. The molecule has 6 heteroatoms. The van der Waals surface area contributed by atoms with E-state index in [1.54, 1.807) is 6.21 Å². The Kier molecular flexibility index (Phi) is 8.19. The molecule has 0 atom stereocenters. The van der Waals surface area contributed by atoms with Crippen LogP contribution < -0.4 is 15.2 Å². The molecular formula is C28H27N3O2S. The fourth-order valence-electron chi connectivity index (χ4n) is 3.48. The minimum Gasteiger partial charge on any atom is -0.490 e. The summed E-state index contributed by atoms with van der Waals surface area (Å²) in [7, 11) is 0. The van der Waals surface area contributed by atoms with Gasteiger partial charge in [-0.15, -0.1) is 5.10 Å². The molecule has 0 aliphatic rings. The zero-order chi connectivity index (χ0) is 23.6. The lowest BCUT2D eigenvalue weighted by molar-refractivity contribution is 0.270. The number of fused-ring (bicyclic) bond motifs is 1. The molecule has 172 valence electrons. The van der Waals surface area contributed by atoms with Gasteiger partial charge in [0.1, 0.15) is 6.61 Å². The van der Waals surface area contributed by atoms with Gasteiger partial charge >= 0.3 is 0 Å². The summed E-state index contributed by atoms with van der Waals surface area (Å²) in [5, 5.41) is 11.0. The van der Waals surface area contributed by atoms with Crippen molar-refractivity contribution < 1.29 is 9.47 Å². The number of hydrogen-bond acceptors (Lipinski definition) is 5. The summed E-state index contributed by atoms with van der Waals surface area (Å²) in [5.74, 6) is 2.11. The topological polar surface area (TPSA) is 69.2 Å². The maximum Gasteiger partial charge on any atom is 0.180 e. The molecule has 0 aliphatic heterocycles. The van der Waals surface area contributed by atoms with Crippen molar-refractivity contribution in [2.45, 2.75) is 19.3 Å². The van der Waals surface area contributed by atoms with Crippen LogP contribution in [0.25, 0.3) is 10.8 Å². The van der Waals surface area contributed by atoms with Gasteiger partial charge in [0.15, 0.2) is 16.7 Å². The standard InChI is InChI=1S/C28H27N3O2S/c1-2-32-27-17-22(18-30-31-28(29)34-20-21-9-4-3-5-10-21)15-16-26(27)33-19-24-13-8-12-23-11-6-7-14-25(23)24/h3-18H,2,19-20H2,1H3,(H2,29,31). The second-order valence-corrected chi connectivity index (χ2v) is 8.52. The monoisotopic (exact) mass is 469 g/mol. The molecule has 0 fully saturated rings. The molecule has 4 rings (SSSR count). The molecule has 0 spiro atoms. The van der Waals surface area contributed by atoms with Gasteiger partial charge in [0.2, 0.25) is 0 Å². The van der Waals surface area contributed by atoms with Crippen LogP contribution in [0.4, 0.5) is 0 Å². The van der Waals surface area contributed by atoms with E-state index < -0.39 is 0 Å². The van der Waals surface area contributed by atoms with Crippen molar-refractivity contribution in [1.29, 1.82) is 0 Å². The molecule has 4 aromatic carbocycles. The highest BCUT2D eigenvalue weighted by Crippen LogP contribution is 2.30. The van der Waals surface area contributed by atoms with Crippen molar-refractivity contribution in [3.63, 3.8) is 0 Å². The number of nitrogens with two attached hydrogens (primary N) is 1. The van der Waals surface area contributed by atoms with Crippen LogP contribution in [0.5, 0.6) is 11.5 Å². The van der Waals surface area contributed by atoms with E-state index >= 15 is 0 Å². The molecular weight excluding hydrogens is 442 g/mol. The van der Waals surface area contributed by atoms with E-state index in [9.17, 15) is 0 Å². The molecule has 0 aromatic heterocycles. The number of nitrogens with zero attached hydrogens (tertiary/aromatic N) is 2. The van der Waals surface area contributed by atoms with Gasteiger partial charge in [0, 0.05) is 5.75 Å². The number of rotatable bonds is 9. The van der Waals surface area contributed by atoms with Crippen LogP contribution in [0.15, 0.2) is 101 Å². The summed E-state index contributed by atoms with van der Waals surface area (Å²) in [4.78, 5) is 0. The lowest BCUT2D eigenvalue weighted by Crippen LogP contribution is -2.06. The van der Waals surface area contributed by atoms with Crippen molar-refractivity contribution >= 4 is 33.9 Å². The summed E-state index contributed by atoms with van der Waals surface area (Å²) in [6.45, 7) is 2.94. The van der Waals surface area contributed by atoms with Gasteiger partial charge in [-0.25, -0.2) is 0 Å². The largest absolute Gasteiger partial charge is 0.490 e. The van der Waals surface area contributed by atoms with Gasteiger partial charge in [-0.2, -0.15) is 5.10 Å². The molecule has 0 heterocycles. The molecule has 0 saturated heterocycles. The molecule has 0 unspecified atom stereocenters. The molecule has 2 N–H and O–H groups in total. The smallest absolute Gasteiger partial charge is 0.180 e. The number of hydrogen-bond donors (Lipinski definition) is 1. The van der Waals surface area contributed by atoms with Crippen molar-refractivity contribution in [3.8, 4) is 11.5 Å². The second kappa shape index (κ2) is 11.9. The van der Waals surface area contributed by atoms with Gasteiger partial charge in [-0.05, 0) is 52.6 Å². The fourth-order valence-corrected chi connectivity index (χ4v) is 4.09. The predicted octanol–water partition coefficient (Wildman–Crippen LogP) is 6.40. The van der Waals surface area contributed by atoms with Crippen LogP contribution >= 0.6 is 11.8 Å². The zero-order valence-corrected chi connectivity index (χ0v) is 19.9. The summed E-state index contributed by atoms with van der Waals surface area (Å²) in [6, 6.07) is 30.4. The van der Waals surface area contributed by atoms with Gasteiger partial charge < -0.3 is 15.2 Å². The third kappa shape index (κ3) is 6.39. The first-order chi connectivity index (χ1) is 16.7. The van der Waals surface area contributed by atoms with Crippen molar-refractivity contribution in [2.24, 2.45) is 15.9 Å². The number of ether oxygens (including phenoxy) is 2. The molecule has 0 bridgehead atoms. The van der Waals surface area contributed by atoms with Crippen LogP contribution in [0.3, 0.4) is 0 Å². The van der Waals surface area contributed by atoms with E-state index in [0.717, 1.165) is 16.9 Å². The molecule has 0 saturated carbocycles. The average Bonchev–Trinajstić information content (AvgIpc) is 2.88. The Morgan fingerprint density at radius 2 is 1.68 bits per heavy atom. The highest BCUT2D eigenvalue weighted by atomic mass is 32.2. The normalized spacial score (nSPS) is 11.7. The first-order valence-electron chi connectivity index (χ1n) is 11.1. The Bertz CT molecular complexity index is 1280. The average molecular weight is 470 g/mol. The Morgan fingerprint density at radius 1 is 0.882 bits per heavy atom. The van der Waals surface area contributed by atoms with Crippen LogP contribution in [0.2, 0.25) is 0 Å². The Morgan fingerprint density at radius 3 is 2.53 bits per heavy atom. The summed E-state index contributed by atoms with van der Waals surface area (Å²) in [6.07, 6.45) is 1.66. The quantitative estimate of drug-likeness (QED) is 0.175. The van der Waals surface area contributed by atoms with E-state index in [0.29, 0.717) is 29.9 Å². The highest BCUT2D eigenvalue weighted by molar-refractivity contribution is 8.13. The van der Waals surface area contributed by atoms with E-state index in [1.807, 2.05) is 55.5 Å². The third-order valence-electron chi connectivity index (χ3n) is 5.12. The van der Waals surface area contributed by atoms with E-state index in [4.69, 9.17) is 15.2 Å². The number of thioether (sulfide) groups is 1. The van der Waals surface area contributed by atoms with Crippen LogP contribution in [-0.4, -0.2) is 18.0 Å². The molecule has 0 aliphatic carbocycles. The molecule has 4 aromatic rings. The first kappa shape index (κ1) is 23.4. The van der Waals surface area contributed by atoms with E-state index in [2.05, 4.69) is 52.7 Å². The van der Waals surface area contributed by atoms with Gasteiger partial charge in [0.25, 0.3) is 0 Å². The number of amidine groups is 1. The van der Waals surface area contributed by atoms with Crippen LogP contribution in [-0.2, 0) is 12.4 Å². The van der Waals surface area contributed by atoms with Crippen molar-refractivity contribution in [3.05, 3.63) is 108 Å². The third-order valence-corrected chi connectivity index (χ3v) is 5.98. The first-order valence-corrected chi connectivity index (χ1v) is 12.1. The minimum atomic E-state index is 0.417. The lowest BCUT2D eigenvalue weighted by atomic mass is 10.1. The Balaban J connectivity index is 1.41. The SMILES string of the molecule is CCOc1cc(C=NN=C(N)SCc2ccccc2)ccc1OCc1cccc2ccccc12. The van der Waals surface area contributed by atoms with E-state index in [1.165, 1.54) is 28.1 Å². The van der Waals surface area contributed by atoms with Crippen molar-refractivity contribution in [1.82, 2.24) is 0 Å². The van der Waals surface area contributed by atoms with Gasteiger partial charge in [-0.1, -0.05) is 84.6 Å². The minimum absolute atomic E-state index is 0.417. The summed E-state index contributed by atoms with van der Waals surface area (Å²) in [5.41, 5.74) is 9.15. The van der Waals surface area contributed by atoms with Crippen molar-refractivity contribution in [2.75, 3.05) is 6.61 Å². The highest BCUT2D eigenvalue weighted by Gasteiger charge is 2.08. The Labute approximate surface area is 204 Å². The van der Waals surface area contributed by atoms with E-state index in [-0.39, 0.29) is 0 Å². The predicted molar refractivity (Wildman–Crippen MR) is 143 cm³/mol. The zero-order valence-electron chi connectivity index (χ0n) is 19.1. The Hall–Kier alpha value is -3.77. The molecule has 0 radical (unpaired) electrons. The molecule has 5 nitrogen and oxygen atoms in total. The number of benzene rings is 4.